The zero-order valence-electron chi connectivity index (χ0n) is 21.4. The molecule has 0 aromatic heterocycles. The number of ether oxygens (including phenoxy) is 2. The number of hydrogen-bond acceptors (Lipinski definition) is 6. The predicted octanol–water partition coefficient (Wildman–Crippen LogP) is 6.60. The molecule has 0 saturated carbocycles. The summed E-state index contributed by atoms with van der Waals surface area (Å²) in [5.74, 6) is 0.473. The maximum Gasteiger partial charge on any atom is 0.201 e. The molecular weight excluding hydrogens is 492 g/mol. The van der Waals surface area contributed by atoms with Gasteiger partial charge in [-0.1, -0.05) is 48.6 Å². The van der Waals surface area contributed by atoms with E-state index < -0.39 is 12.0 Å². The first-order valence-corrected chi connectivity index (χ1v) is 12.7. The minimum absolute atomic E-state index is 0.0111. The van der Waals surface area contributed by atoms with Crippen molar-refractivity contribution >= 4 is 0 Å². The van der Waals surface area contributed by atoms with Gasteiger partial charge in [-0.25, -0.2) is 0 Å². The molecule has 0 aliphatic carbocycles. The van der Waals surface area contributed by atoms with Gasteiger partial charge in [0.15, 0.2) is 11.5 Å². The molecule has 4 aromatic carbocycles. The molecule has 0 radical (unpaired) electrons. The Morgan fingerprint density at radius 2 is 1.54 bits per heavy atom. The predicted molar refractivity (Wildman–Crippen MR) is 151 cm³/mol. The number of aromatic hydroxyl groups is 3. The van der Waals surface area contributed by atoms with E-state index in [4.69, 9.17) is 9.47 Å². The van der Waals surface area contributed by atoms with Gasteiger partial charge in [0.25, 0.3) is 0 Å². The third-order valence-electron chi connectivity index (χ3n) is 6.95. The van der Waals surface area contributed by atoms with E-state index in [-0.39, 0.29) is 35.4 Å². The molecule has 1 aliphatic heterocycles. The van der Waals surface area contributed by atoms with Crippen LogP contribution >= 0.6 is 0 Å². The van der Waals surface area contributed by atoms with Gasteiger partial charge in [-0.3, -0.25) is 0 Å². The summed E-state index contributed by atoms with van der Waals surface area (Å²) in [5.41, 5.74) is 4.32. The molecule has 5 rings (SSSR count). The maximum absolute atomic E-state index is 11.2. The number of benzene rings is 4. The fourth-order valence-corrected chi connectivity index (χ4v) is 5.13. The molecule has 4 aromatic rings. The monoisotopic (exact) mass is 522 g/mol. The van der Waals surface area contributed by atoms with E-state index in [9.17, 15) is 20.4 Å². The number of fused-ring (bicyclic) bond motifs is 1. The first kappa shape index (κ1) is 25.9. The van der Waals surface area contributed by atoms with E-state index in [0.717, 1.165) is 23.1 Å². The molecule has 4 N–H and O–H groups in total. The number of phenolic OH excluding ortho intramolecular Hbond substituents is 3. The van der Waals surface area contributed by atoms with Crippen LogP contribution in [0.3, 0.4) is 0 Å². The Labute approximate surface area is 227 Å². The molecule has 2 atom stereocenters. The topological polar surface area (TPSA) is 99.4 Å². The van der Waals surface area contributed by atoms with Crippen LogP contribution in [0, 0.1) is 0 Å². The fourth-order valence-electron chi connectivity index (χ4n) is 5.13. The van der Waals surface area contributed by atoms with Crippen molar-refractivity contribution in [1.29, 1.82) is 0 Å². The Kier molecular flexibility index (Phi) is 7.30. The van der Waals surface area contributed by atoms with Gasteiger partial charge >= 0.3 is 0 Å². The van der Waals surface area contributed by atoms with Crippen LogP contribution < -0.4 is 9.47 Å². The Morgan fingerprint density at radius 1 is 0.821 bits per heavy atom. The van der Waals surface area contributed by atoms with E-state index in [1.807, 2.05) is 30.3 Å². The van der Waals surface area contributed by atoms with Gasteiger partial charge in [0, 0.05) is 16.7 Å². The lowest BCUT2D eigenvalue weighted by atomic mass is 9.83. The summed E-state index contributed by atoms with van der Waals surface area (Å²) in [6, 6.07) is 21.2. The largest absolute Gasteiger partial charge is 0.507 e. The lowest BCUT2D eigenvalue weighted by Crippen LogP contribution is -2.24. The van der Waals surface area contributed by atoms with E-state index in [1.54, 1.807) is 54.6 Å². The maximum atomic E-state index is 11.2. The highest BCUT2D eigenvalue weighted by molar-refractivity contribution is 5.76. The third kappa shape index (κ3) is 4.94. The van der Waals surface area contributed by atoms with Crippen molar-refractivity contribution in [2.24, 2.45) is 0 Å². The van der Waals surface area contributed by atoms with Crippen LogP contribution in [-0.4, -0.2) is 33.1 Å². The summed E-state index contributed by atoms with van der Waals surface area (Å²) < 4.78 is 12.2. The van der Waals surface area contributed by atoms with Gasteiger partial charge in [-0.05, 0) is 65.9 Å². The Balaban J connectivity index is 1.59. The molecule has 1 aliphatic rings. The van der Waals surface area contributed by atoms with Gasteiger partial charge in [0.2, 0.25) is 5.75 Å². The van der Waals surface area contributed by atoms with Crippen molar-refractivity contribution in [3.8, 4) is 45.6 Å². The van der Waals surface area contributed by atoms with Crippen LogP contribution in [-0.2, 0) is 12.8 Å². The highest BCUT2D eigenvalue weighted by Crippen LogP contribution is 2.54. The molecule has 6 nitrogen and oxygen atoms in total. The third-order valence-corrected chi connectivity index (χ3v) is 6.95. The van der Waals surface area contributed by atoms with Gasteiger partial charge in [-0.2, -0.15) is 0 Å². The second kappa shape index (κ2) is 11.0. The summed E-state index contributed by atoms with van der Waals surface area (Å²) in [6.07, 6.45) is 4.11. The summed E-state index contributed by atoms with van der Waals surface area (Å²) in [7, 11) is 0. The van der Waals surface area contributed by atoms with Crippen molar-refractivity contribution in [3.63, 3.8) is 0 Å². The normalized spacial score (nSPS) is 15.8. The van der Waals surface area contributed by atoms with Crippen LogP contribution in [0.2, 0.25) is 0 Å². The minimum atomic E-state index is -0.690. The summed E-state index contributed by atoms with van der Waals surface area (Å²) >= 11 is 0. The SMILES string of the molecule is C=CCc1ccc(Oc2cc(CC=C)c3c(c2O)O[C@@H](CO)[C@H]3c2ccc(O)c(-c3ccccc3O)c2)cc1. The zero-order chi connectivity index (χ0) is 27.5. The molecular formula is C33H30O6. The number of aliphatic hydroxyl groups excluding tert-OH is 1. The molecule has 0 unspecified atom stereocenters. The molecule has 0 saturated heterocycles. The van der Waals surface area contributed by atoms with Gasteiger partial charge in [0.05, 0.1) is 12.5 Å². The van der Waals surface area contributed by atoms with E-state index in [0.29, 0.717) is 28.9 Å². The molecule has 198 valence electrons. The second-order valence-corrected chi connectivity index (χ2v) is 9.47. The number of phenols is 3. The average molecular weight is 523 g/mol. The van der Waals surface area contributed by atoms with Crippen molar-refractivity contribution in [2.45, 2.75) is 24.9 Å². The molecule has 0 fully saturated rings. The lowest BCUT2D eigenvalue weighted by molar-refractivity contribution is 0.121. The molecule has 0 bridgehead atoms. The quantitative estimate of drug-likeness (QED) is 0.185. The lowest BCUT2D eigenvalue weighted by Gasteiger charge is -2.20. The van der Waals surface area contributed by atoms with Crippen LogP contribution in [0.4, 0.5) is 0 Å². The number of para-hydroxylation sites is 1. The van der Waals surface area contributed by atoms with Crippen LogP contribution in [0.25, 0.3) is 11.1 Å². The van der Waals surface area contributed by atoms with Gasteiger partial charge < -0.3 is 29.9 Å². The van der Waals surface area contributed by atoms with Gasteiger partial charge in [0.1, 0.15) is 23.4 Å². The smallest absolute Gasteiger partial charge is 0.201 e. The van der Waals surface area contributed by atoms with Crippen molar-refractivity contribution in [2.75, 3.05) is 6.61 Å². The van der Waals surface area contributed by atoms with Crippen molar-refractivity contribution < 1.29 is 29.9 Å². The number of hydrogen-bond donors (Lipinski definition) is 4. The fraction of sp³-hybridized carbons (Fsp3) is 0.152. The molecule has 6 heteroatoms. The van der Waals surface area contributed by atoms with Crippen LogP contribution in [0.1, 0.15) is 28.2 Å². The standard InChI is InChI=1S/C33H30O6/c1-3-7-20-11-14-23(15-12-20)38-28-18-21(8-4-2)31-30(29(19-34)39-33(31)32(28)37)22-13-16-27(36)25(17-22)24-9-5-6-10-26(24)35/h3-6,9-18,29-30,34-37H,1-2,7-8,19H2/t29-,30+/m0/s1. The van der Waals surface area contributed by atoms with E-state index in [1.165, 1.54) is 0 Å². The van der Waals surface area contributed by atoms with Crippen molar-refractivity contribution in [3.05, 3.63) is 120 Å². The summed E-state index contributed by atoms with van der Waals surface area (Å²) in [5, 5.41) is 42.6. The van der Waals surface area contributed by atoms with E-state index >= 15 is 0 Å². The number of allylic oxidation sites excluding steroid dienone is 2. The highest BCUT2D eigenvalue weighted by Gasteiger charge is 2.40. The van der Waals surface area contributed by atoms with Crippen LogP contribution in [0.5, 0.6) is 34.5 Å². The zero-order valence-corrected chi connectivity index (χ0v) is 21.4. The summed E-state index contributed by atoms with van der Waals surface area (Å²) in [4.78, 5) is 0. The van der Waals surface area contributed by atoms with Crippen LogP contribution in [0.15, 0.2) is 98.1 Å². The molecule has 1 heterocycles. The first-order chi connectivity index (χ1) is 18.9. The molecule has 0 amide bonds. The van der Waals surface area contributed by atoms with E-state index in [2.05, 4.69) is 13.2 Å². The number of rotatable bonds is 9. The summed E-state index contributed by atoms with van der Waals surface area (Å²) in [6.45, 7) is 7.35. The van der Waals surface area contributed by atoms with Crippen molar-refractivity contribution in [1.82, 2.24) is 0 Å². The Bertz CT molecular complexity index is 1520. The highest BCUT2D eigenvalue weighted by atomic mass is 16.5. The minimum Gasteiger partial charge on any atom is -0.507 e. The average Bonchev–Trinajstić information content (AvgIpc) is 3.34. The number of aliphatic hydroxyl groups is 1. The Hall–Kier alpha value is -4.68. The first-order valence-electron chi connectivity index (χ1n) is 12.7. The van der Waals surface area contributed by atoms with Gasteiger partial charge in [-0.15, -0.1) is 13.2 Å². The Morgan fingerprint density at radius 3 is 2.23 bits per heavy atom. The molecule has 0 spiro atoms. The second-order valence-electron chi connectivity index (χ2n) is 9.47. The molecule has 39 heavy (non-hydrogen) atoms.